The number of aliphatic hydroxyl groups is 2. The normalized spacial score (nSPS) is 14.0. The number of hydrogen-bond donors (Lipinski definition) is 3. The van der Waals surface area contributed by atoms with Gasteiger partial charge in [-0.15, -0.1) is 0 Å². The van der Waals surface area contributed by atoms with Crippen molar-refractivity contribution in [2.75, 3.05) is 23.7 Å². The maximum Gasteiger partial charge on any atom is 0.0715 e. The van der Waals surface area contributed by atoms with E-state index < -0.39 is 0 Å². The van der Waals surface area contributed by atoms with Crippen LogP contribution in [0.15, 0.2) is 24.3 Å². The van der Waals surface area contributed by atoms with Gasteiger partial charge in [0.25, 0.3) is 0 Å². The van der Waals surface area contributed by atoms with Crippen LogP contribution >= 0.6 is 0 Å². The Morgan fingerprint density at radius 2 is 1.40 bits per heavy atom. The second-order valence-corrected chi connectivity index (χ2v) is 5.38. The molecule has 0 aromatic heterocycles. The lowest BCUT2D eigenvalue weighted by Crippen LogP contribution is -2.38. The third kappa shape index (κ3) is 5.80. The van der Waals surface area contributed by atoms with Gasteiger partial charge in [0, 0.05) is 24.5 Å². The first-order valence-corrected chi connectivity index (χ1v) is 7.53. The van der Waals surface area contributed by atoms with E-state index in [1.807, 2.05) is 29.2 Å². The summed E-state index contributed by atoms with van der Waals surface area (Å²) in [6.45, 7) is 5.20. The predicted octanol–water partition coefficient (Wildman–Crippen LogP) is 2.40. The SMILES string of the molecule is CCCC(O)CN(CC(O)CCC)c1ccc(N)cc1. The molecular formula is C16H28N2O2. The highest BCUT2D eigenvalue weighted by molar-refractivity contribution is 5.53. The standard InChI is InChI=1S/C16H28N2O2/c1-3-5-15(19)11-18(12-16(20)6-4-2)14-9-7-13(17)8-10-14/h7-10,15-16,19-20H,3-6,11-12,17H2,1-2H3. The Kier molecular flexibility index (Phi) is 7.41. The molecule has 1 rings (SSSR count). The summed E-state index contributed by atoms with van der Waals surface area (Å²) in [7, 11) is 0. The molecule has 0 spiro atoms. The van der Waals surface area contributed by atoms with Crippen molar-refractivity contribution in [2.45, 2.75) is 51.7 Å². The highest BCUT2D eigenvalue weighted by atomic mass is 16.3. The Labute approximate surface area is 122 Å². The number of anilines is 2. The Morgan fingerprint density at radius 3 is 1.80 bits per heavy atom. The predicted molar refractivity (Wildman–Crippen MR) is 84.9 cm³/mol. The first kappa shape index (κ1) is 16.8. The maximum absolute atomic E-state index is 10.0. The molecule has 0 amide bonds. The molecule has 20 heavy (non-hydrogen) atoms. The fourth-order valence-electron chi connectivity index (χ4n) is 2.33. The molecule has 1 aromatic rings. The van der Waals surface area contributed by atoms with E-state index in [1.54, 1.807) is 0 Å². The minimum Gasteiger partial charge on any atom is -0.399 e. The minimum atomic E-state index is -0.369. The molecule has 1 aromatic carbocycles. The van der Waals surface area contributed by atoms with E-state index in [-0.39, 0.29) is 12.2 Å². The lowest BCUT2D eigenvalue weighted by molar-refractivity contribution is 0.147. The smallest absolute Gasteiger partial charge is 0.0715 e. The van der Waals surface area contributed by atoms with Crippen molar-refractivity contribution < 1.29 is 10.2 Å². The molecule has 0 bridgehead atoms. The summed E-state index contributed by atoms with van der Waals surface area (Å²) in [6.07, 6.45) is 2.71. The molecule has 0 saturated heterocycles. The number of benzene rings is 1. The molecule has 0 aliphatic rings. The van der Waals surface area contributed by atoms with Crippen molar-refractivity contribution in [2.24, 2.45) is 0 Å². The van der Waals surface area contributed by atoms with Crippen molar-refractivity contribution in [1.29, 1.82) is 0 Å². The fraction of sp³-hybridized carbons (Fsp3) is 0.625. The number of aliphatic hydroxyl groups excluding tert-OH is 2. The van der Waals surface area contributed by atoms with E-state index in [2.05, 4.69) is 13.8 Å². The quantitative estimate of drug-likeness (QED) is 0.608. The van der Waals surface area contributed by atoms with E-state index in [4.69, 9.17) is 5.73 Å². The number of nitrogen functional groups attached to an aromatic ring is 1. The van der Waals surface area contributed by atoms with Gasteiger partial charge in [-0.25, -0.2) is 0 Å². The second kappa shape index (κ2) is 8.82. The topological polar surface area (TPSA) is 69.7 Å². The van der Waals surface area contributed by atoms with E-state index in [0.29, 0.717) is 13.1 Å². The van der Waals surface area contributed by atoms with Crippen LogP contribution in [0.1, 0.15) is 39.5 Å². The van der Waals surface area contributed by atoms with Crippen LogP contribution in [-0.4, -0.2) is 35.5 Å². The summed E-state index contributed by atoms with van der Waals surface area (Å²) in [5.74, 6) is 0. The average Bonchev–Trinajstić information content (AvgIpc) is 2.39. The summed E-state index contributed by atoms with van der Waals surface area (Å²) in [4.78, 5) is 2.04. The Balaban J connectivity index is 2.74. The van der Waals surface area contributed by atoms with Gasteiger partial charge in [-0.3, -0.25) is 0 Å². The number of nitrogens with zero attached hydrogens (tertiary/aromatic N) is 1. The van der Waals surface area contributed by atoms with Gasteiger partial charge in [0.2, 0.25) is 0 Å². The van der Waals surface area contributed by atoms with Crippen LogP contribution in [-0.2, 0) is 0 Å². The summed E-state index contributed by atoms with van der Waals surface area (Å²) < 4.78 is 0. The van der Waals surface area contributed by atoms with Crippen LogP contribution in [0.25, 0.3) is 0 Å². The van der Waals surface area contributed by atoms with Crippen LogP contribution < -0.4 is 10.6 Å². The first-order valence-electron chi connectivity index (χ1n) is 7.53. The van der Waals surface area contributed by atoms with Crippen molar-refractivity contribution in [3.05, 3.63) is 24.3 Å². The van der Waals surface area contributed by atoms with E-state index in [0.717, 1.165) is 37.1 Å². The summed E-state index contributed by atoms with van der Waals surface area (Å²) in [5.41, 5.74) is 7.42. The van der Waals surface area contributed by atoms with Gasteiger partial charge in [0.05, 0.1) is 12.2 Å². The lowest BCUT2D eigenvalue weighted by Gasteiger charge is -2.29. The molecule has 0 heterocycles. The van der Waals surface area contributed by atoms with Crippen LogP contribution in [0.3, 0.4) is 0 Å². The summed E-state index contributed by atoms with van der Waals surface area (Å²) in [6, 6.07) is 7.57. The molecule has 0 aliphatic carbocycles. The molecular weight excluding hydrogens is 252 g/mol. The number of rotatable bonds is 9. The van der Waals surface area contributed by atoms with Crippen molar-refractivity contribution in [3.8, 4) is 0 Å². The van der Waals surface area contributed by atoms with Gasteiger partial charge in [-0.05, 0) is 37.1 Å². The van der Waals surface area contributed by atoms with Crippen LogP contribution in [0, 0.1) is 0 Å². The van der Waals surface area contributed by atoms with Gasteiger partial charge in [-0.1, -0.05) is 26.7 Å². The molecule has 114 valence electrons. The Morgan fingerprint density at radius 1 is 0.950 bits per heavy atom. The third-order valence-corrected chi connectivity index (χ3v) is 3.36. The van der Waals surface area contributed by atoms with Gasteiger partial charge in [0.15, 0.2) is 0 Å². The molecule has 4 N–H and O–H groups in total. The molecule has 2 atom stereocenters. The zero-order valence-corrected chi connectivity index (χ0v) is 12.6. The monoisotopic (exact) mass is 280 g/mol. The van der Waals surface area contributed by atoms with Crippen LogP contribution in [0.5, 0.6) is 0 Å². The maximum atomic E-state index is 10.0. The highest BCUT2D eigenvalue weighted by Crippen LogP contribution is 2.18. The average molecular weight is 280 g/mol. The Bertz CT molecular complexity index is 353. The number of nitrogens with two attached hydrogens (primary N) is 1. The zero-order valence-electron chi connectivity index (χ0n) is 12.6. The van der Waals surface area contributed by atoms with E-state index >= 15 is 0 Å². The summed E-state index contributed by atoms with van der Waals surface area (Å²) >= 11 is 0. The largest absolute Gasteiger partial charge is 0.399 e. The second-order valence-electron chi connectivity index (χ2n) is 5.38. The fourth-order valence-corrected chi connectivity index (χ4v) is 2.33. The minimum absolute atomic E-state index is 0.369. The lowest BCUT2D eigenvalue weighted by atomic mass is 10.1. The van der Waals surface area contributed by atoms with Gasteiger partial charge in [-0.2, -0.15) is 0 Å². The molecule has 4 nitrogen and oxygen atoms in total. The molecule has 0 aliphatic heterocycles. The highest BCUT2D eigenvalue weighted by Gasteiger charge is 2.15. The molecule has 0 radical (unpaired) electrons. The number of hydrogen-bond acceptors (Lipinski definition) is 4. The molecule has 4 heteroatoms. The summed E-state index contributed by atoms with van der Waals surface area (Å²) in [5, 5.41) is 20.1. The van der Waals surface area contributed by atoms with Gasteiger partial charge in [0.1, 0.15) is 0 Å². The van der Waals surface area contributed by atoms with Crippen molar-refractivity contribution >= 4 is 11.4 Å². The Hall–Kier alpha value is -1.26. The zero-order chi connectivity index (χ0) is 15.0. The van der Waals surface area contributed by atoms with Gasteiger partial charge < -0.3 is 20.8 Å². The van der Waals surface area contributed by atoms with Crippen molar-refractivity contribution in [1.82, 2.24) is 0 Å². The molecule has 2 unspecified atom stereocenters. The first-order chi connectivity index (χ1) is 9.56. The van der Waals surface area contributed by atoms with Crippen LogP contribution in [0.2, 0.25) is 0 Å². The van der Waals surface area contributed by atoms with E-state index in [9.17, 15) is 10.2 Å². The third-order valence-electron chi connectivity index (χ3n) is 3.36. The van der Waals surface area contributed by atoms with E-state index in [1.165, 1.54) is 0 Å². The van der Waals surface area contributed by atoms with Gasteiger partial charge >= 0.3 is 0 Å². The van der Waals surface area contributed by atoms with Crippen molar-refractivity contribution in [3.63, 3.8) is 0 Å². The van der Waals surface area contributed by atoms with Crippen LogP contribution in [0.4, 0.5) is 11.4 Å². The molecule has 0 saturated carbocycles. The molecule has 0 fully saturated rings.